The monoisotopic (exact) mass is 395 g/mol. The highest BCUT2D eigenvalue weighted by atomic mass is 32.2. The van der Waals surface area contributed by atoms with E-state index in [9.17, 15) is 4.79 Å². The Labute approximate surface area is 169 Å². The van der Waals surface area contributed by atoms with Crippen LogP contribution in [0.4, 0.5) is 5.69 Å². The average molecular weight is 396 g/mol. The number of nitrogens with zero attached hydrogens (tertiary/aromatic N) is 4. The topological polar surface area (TPSA) is 72.7 Å². The van der Waals surface area contributed by atoms with Crippen molar-refractivity contribution in [2.45, 2.75) is 45.3 Å². The van der Waals surface area contributed by atoms with E-state index in [1.54, 1.807) is 12.4 Å². The Balaban J connectivity index is 1.72. The molecule has 0 bridgehead atoms. The lowest BCUT2D eigenvalue weighted by atomic mass is 10.1. The normalized spacial score (nSPS) is 10.8. The molecule has 3 aromatic rings. The van der Waals surface area contributed by atoms with E-state index in [1.165, 1.54) is 11.8 Å². The van der Waals surface area contributed by atoms with E-state index >= 15 is 0 Å². The Bertz CT molecular complexity index is 939. The summed E-state index contributed by atoms with van der Waals surface area (Å²) in [5.41, 5.74) is 4.08. The quantitative estimate of drug-likeness (QED) is 0.569. The van der Waals surface area contributed by atoms with Crippen molar-refractivity contribution in [3.05, 3.63) is 53.9 Å². The molecule has 3 rings (SSSR count). The van der Waals surface area contributed by atoms with Gasteiger partial charge >= 0.3 is 0 Å². The fourth-order valence-corrected chi connectivity index (χ4v) is 3.60. The Hall–Kier alpha value is -2.67. The molecule has 0 spiro atoms. The number of unbranched alkanes of at least 4 members (excludes halogenated alkanes) is 1. The number of hydrogen-bond donors (Lipinski definition) is 1. The third-order valence-corrected chi connectivity index (χ3v) is 5.57. The van der Waals surface area contributed by atoms with Gasteiger partial charge in [0.15, 0.2) is 11.0 Å². The van der Waals surface area contributed by atoms with Crippen LogP contribution in [0.15, 0.2) is 47.9 Å². The third kappa shape index (κ3) is 4.78. The van der Waals surface area contributed by atoms with Crippen LogP contribution in [0.3, 0.4) is 0 Å². The van der Waals surface area contributed by atoms with Crippen LogP contribution in [0, 0.1) is 13.8 Å². The molecule has 1 amide bonds. The standard InChI is InChI=1S/C21H25N5OS/c1-4-5-13-26-20(17-9-11-22-12-10-17)24-25-21(26)28-14-19(27)23-18-8-6-7-15(2)16(18)3/h6-12H,4-5,13-14H2,1-3H3,(H,23,27). The van der Waals surface area contributed by atoms with E-state index in [2.05, 4.69) is 32.0 Å². The molecule has 0 saturated carbocycles. The Kier molecular flexibility index (Phi) is 6.81. The number of carbonyl (C=O) groups excluding carboxylic acids is 1. The highest BCUT2D eigenvalue weighted by molar-refractivity contribution is 7.99. The number of aromatic nitrogens is 4. The van der Waals surface area contributed by atoms with Gasteiger partial charge in [0, 0.05) is 30.2 Å². The zero-order chi connectivity index (χ0) is 19.9. The van der Waals surface area contributed by atoms with E-state index in [-0.39, 0.29) is 11.7 Å². The highest BCUT2D eigenvalue weighted by Gasteiger charge is 2.16. The Morgan fingerprint density at radius 2 is 1.93 bits per heavy atom. The van der Waals surface area contributed by atoms with Crippen molar-refractivity contribution in [3.63, 3.8) is 0 Å². The number of pyridine rings is 1. The Morgan fingerprint density at radius 1 is 1.14 bits per heavy atom. The third-order valence-electron chi connectivity index (χ3n) is 4.60. The van der Waals surface area contributed by atoms with Gasteiger partial charge in [-0.05, 0) is 49.6 Å². The first-order valence-electron chi connectivity index (χ1n) is 9.42. The van der Waals surface area contributed by atoms with Gasteiger partial charge in [-0.15, -0.1) is 10.2 Å². The van der Waals surface area contributed by atoms with E-state index < -0.39 is 0 Å². The van der Waals surface area contributed by atoms with Crippen LogP contribution in [0.5, 0.6) is 0 Å². The molecule has 0 radical (unpaired) electrons. The number of hydrogen-bond acceptors (Lipinski definition) is 5. The molecule has 2 heterocycles. The summed E-state index contributed by atoms with van der Waals surface area (Å²) in [5, 5.41) is 12.4. The first-order valence-corrected chi connectivity index (χ1v) is 10.4. The summed E-state index contributed by atoms with van der Waals surface area (Å²) in [6.45, 7) is 7.03. The van der Waals surface area contributed by atoms with Gasteiger partial charge in [-0.2, -0.15) is 0 Å². The molecule has 0 unspecified atom stereocenters. The van der Waals surface area contributed by atoms with Gasteiger partial charge in [-0.1, -0.05) is 37.2 Å². The van der Waals surface area contributed by atoms with Crippen molar-refractivity contribution < 1.29 is 4.79 Å². The van der Waals surface area contributed by atoms with E-state index in [1.807, 2.05) is 44.2 Å². The number of thioether (sulfide) groups is 1. The Morgan fingerprint density at radius 3 is 2.68 bits per heavy atom. The molecular weight excluding hydrogens is 370 g/mol. The van der Waals surface area contributed by atoms with Crippen LogP contribution >= 0.6 is 11.8 Å². The van der Waals surface area contributed by atoms with Gasteiger partial charge in [0.1, 0.15) is 0 Å². The van der Waals surface area contributed by atoms with Crippen LogP contribution in [-0.2, 0) is 11.3 Å². The number of anilines is 1. The van der Waals surface area contributed by atoms with Crippen LogP contribution in [0.2, 0.25) is 0 Å². The molecule has 1 aromatic carbocycles. The average Bonchev–Trinajstić information content (AvgIpc) is 3.11. The maximum absolute atomic E-state index is 12.5. The van der Waals surface area contributed by atoms with Crippen molar-refractivity contribution in [2.75, 3.05) is 11.1 Å². The molecule has 0 aliphatic heterocycles. The first kappa shape index (κ1) is 20.1. The number of amides is 1. The maximum atomic E-state index is 12.5. The van der Waals surface area contributed by atoms with Gasteiger partial charge in [0.25, 0.3) is 0 Å². The molecule has 1 N–H and O–H groups in total. The summed E-state index contributed by atoms with van der Waals surface area (Å²) in [6, 6.07) is 9.77. The largest absolute Gasteiger partial charge is 0.325 e. The summed E-state index contributed by atoms with van der Waals surface area (Å²) >= 11 is 1.41. The number of benzene rings is 1. The fraction of sp³-hybridized carbons (Fsp3) is 0.333. The van der Waals surface area contributed by atoms with E-state index in [0.29, 0.717) is 0 Å². The van der Waals surface area contributed by atoms with Gasteiger partial charge in [0.2, 0.25) is 5.91 Å². The number of carbonyl (C=O) groups is 1. The molecule has 6 nitrogen and oxygen atoms in total. The minimum absolute atomic E-state index is 0.0470. The second kappa shape index (κ2) is 9.50. The van der Waals surface area contributed by atoms with Gasteiger partial charge in [-0.25, -0.2) is 0 Å². The summed E-state index contributed by atoms with van der Waals surface area (Å²) in [4.78, 5) is 16.5. The lowest BCUT2D eigenvalue weighted by molar-refractivity contribution is -0.113. The summed E-state index contributed by atoms with van der Waals surface area (Å²) in [6.07, 6.45) is 5.60. The minimum Gasteiger partial charge on any atom is -0.325 e. The molecule has 0 fully saturated rings. The van der Waals surface area contributed by atoms with Gasteiger partial charge in [0.05, 0.1) is 5.75 Å². The molecule has 0 aliphatic rings. The van der Waals surface area contributed by atoms with Gasteiger partial charge in [-0.3, -0.25) is 9.78 Å². The zero-order valence-corrected chi connectivity index (χ0v) is 17.3. The number of rotatable bonds is 8. The second-order valence-electron chi connectivity index (χ2n) is 6.63. The van der Waals surface area contributed by atoms with Crippen LogP contribution in [0.1, 0.15) is 30.9 Å². The fourth-order valence-electron chi connectivity index (χ4n) is 2.83. The molecule has 146 valence electrons. The molecule has 28 heavy (non-hydrogen) atoms. The molecule has 2 aromatic heterocycles. The summed E-state index contributed by atoms with van der Waals surface area (Å²) in [5.74, 6) is 1.05. The predicted octanol–water partition coefficient (Wildman–Crippen LogP) is 4.49. The van der Waals surface area contributed by atoms with E-state index in [4.69, 9.17) is 0 Å². The first-order chi connectivity index (χ1) is 13.6. The van der Waals surface area contributed by atoms with E-state index in [0.717, 1.165) is 52.7 Å². The molecule has 0 saturated heterocycles. The molecule has 0 aliphatic carbocycles. The van der Waals surface area contributed by atoms with Crippen molar-refractivity contribution in [3.8, 4) is 11.4 Å². The van der Waals surface area contributed by atoms with Gasteiger partial charge < -0.3 is 9.88 Å². The maximum Gasteiger partial charge on any atom is 0.234 e. The van der Waals surface area contributed by atoms with Crippen LogP contribution in [-0.4, -0.2) is 31.4 Å². The lowest BCUT2D eigenvalue weighted by Crippen LogP contribution is -2.15. The van der Waals surface area contributed by atoms with Crippen LogP contribution < -0.4 is 5.32 Å². The molecule has 7 heteroatoms. The van der Waals surface area contributed by atoms with Crippen molar-refractivity contribution in [1.29, 1.82) is 0 Å². The molecular formula is C21H25N5OS. The highest BCUT2D eigenvalue weighted by Crippen LogP contribution is 2.25. The van der Waals surface area contributed by atoms with Crippen molar-refractivity contribution >= 4 is 23.4 Å². The summed E-state index contributed by atoms with van der Waals surface area (Å²) < 4.78 is 2.09. The zero-order valence-electron chi connectivity index (χ0n) is 16.5. The van der Waals surface area contributed by atoms with Crippen LogP contribution in [0.25, 0.3) is 11.4 Å². The minimum atomic E-state index is -0.0470. The number of nitrogens with one attached hydrogen (secondary N) is 1. The molecule has 0 atom stereocenters. The lowest BCUT2D eigenvalue weighted by Gasteiger charge is -2.11. The van der Waals surface area contributed by atoms with Crippen molar-refractivity contribution in [1.82, 2.24) is 19.7 Å². The smallest absolute Gasteiger partial charge is 0.234 e. The SMILES string of the molecule is CCCCn1c(SCC(=O)Nc2cccc(C)c2C)nnc1-c1ccncc1. The van der Waals surface area contributed by atoms with Crippen molar-refractivity contribution in [2.24, 2.45) is 0 Å². The predicted molar refractivity (Wildman–Crippen MR) is 113 cm³/mol. The number of aryl methyl sites for hydroxylation is 1. The summed E-state index contributed by atoms with van der Waals surface area (Å²) in [7, 11) is 0. The second-order valence-corrected chi connectivity index (χ2v) is 7.57.